The van der Waals surface area contributed by atoms with Gasteiger partial charge in [-0.25, -0.2) is 0 Å². The second kappa shape index (κ2) is 4.96. The van der Waals surface area contributed by atoms with Gasteiger partial charge in [0.25, 0.3) is 0 Å². The fourth-order valence-corrected chi connectivity index (χ4v) is 2.21. The Morgan fingerprint density at radius 1 is 1.50 bits per heavy atom. The average molecular weight is 233 g/mol. The Labute approximate surface area is 97.3 Å². The van der Waals surface area contributed by atoms with Crippen molar-refractivity contribution in [3.05, 3.63) is 24.4 Å². The van der Waals surface area contributed by atoms with E-state index in [9.17, 15) is 0 Å². The quantitative estimate of drug-likeness (QED) is 0.799. The predicted molar refractivity (Wildman–Crippen MR) is 61.9 cm³/mol. The second-order valence-electron chi connectivity index (χ2n) is 3.28. The van der Waals surface area contributed by atoms with Gasteiger partial charge in [0.2, 0.25) is 0 Å². The summed E-state index contributed by atoms with van der Waals surface area (Å²) in [6.45, 7) is 0. The number of nitrogens with zero attached hydrogens (tertiary/aromatic N) is 4. The molecule has 0 fully saturated rings. The summed E-state index contributed by atoms with van der Waals surface area (Å²) >= 11 is 1.56. The molecule has 0 bridgehead atoms. The number of pyridine rings is 1. The van der Waals surface area contributed by atoms with E-state index in [0.717, 1.165) is 16.6 Å². The van der Waals surface area contributed by atoms with Crippen molar-refractivity contribution in [3.63, 3.8) is 0 Å². The first-order valence-electron chi connectivity index (χ1n) is 4.89. The lowest BCUT2D eigenvalue weighted by molar-refractivity contribution is 0.800. The smallest absolute Gasteiger partial charge is 0.195 e. The van der Waals surface area contributed by atoms with Crippen LogP contribution in [0.2, 0.25) is 0 Å². The molecule has 0 aliphatic rings. The van der Waals surface area contributed by atoms with Crippen LogP contribution in [0.1, 0.15) is 6.42 Å². The molecule has 0 saturated heterocycles. The highest BCUT2D eigenvalue weighted by Crippen LogP contribution is 2.17. The molecule has 16 heavy (non-hydrogen) atoms. The lowest BCUT2D eigenvalue weighted by Gasteiger charge is -2.01. The minimum Gasteiger partial charge on any atom is -0.316 e. The van der Waals surface area contributed by atoms with Crippen LogP contribution < -0.4 is 5.73 Å². The van der Waals surface area contributed by atoms with Crippen LogP contribution in [0.25, 0.3) is 5.65 Å². The van der Waals surface area contributed by atoms with Crippen LogP contribution in [-0.2, 0) is 0 Å². The van der Waals surface area contributed by atoms with Gasteiger partial charge in [-0.15, -0.1) is 10.2 Å². The molecule has 0 aromatic carbocycles. The van der Waals surface area contributed by atoms with Crippen molar-refractivity contribution in [2.45, 2.75) is 17.6 Å². The van der Waals surface area contributed by atoms with Gasteiger partial charge in [-0.1, -0.05) is 17.8 Å². The highest BCUT2D eigenvalue weighted by molar-refractivity contribution is 7.99. The van der Waals surface area contributed by atoms with Gasteiger partial charge in [0, 0.05) is 11.9 Å². The molecule has 0 amide bonds. The molecule has 2 heterocycles. The molecule has 2 rings (SSSR count). The Bertz CT molecular complexity index is 515. The molecule has 0 saturated carbocycles. The molecule has 0 spiro atoms. The molecule has 0 aliphatic carbocycles. The third kappa shape index (κ3) is 2.32. The van der Waals surface area contributed by atoms with Gasteiger partial charge in [-0.2, -0.15) is 5.26 Å². The molecule has 0 radical (unpaired) electrons. The van der Waals surface area contributed by atoms with Gasteiger partial charge in [-0.05, 0) is 18.6 Å². The molecule has 2 N–H and O–H groups in total. The van der Waals surface area contributed by atoms with E-state index in [1.54, 1.807) is 11.8 Å². The normalized spacial score (nSPS) is 12.5. The minimum atomic E-state index is -0.397. The summed E-state index contributed by atoms with van der Waals surface area (Å²) in [4.78, 5) is 0. The number of nitrogens with two attached hydrogens (primary N) is 1. The van der Waals surface area contributed by atoms with E-state index in [4.69, 9.17) is 11.0 Å². The first kappa shape index (κ1) is 10.9. The molecule has 2 aromatic heterocycles. The number of hydrogen-bond acceptors (Lipinski definition) is 5. The Balaban J connectivity index is 2.02. The summed E-state index contributed by atoms with van der Waals surface area (Å²) in [5.41, 5.74) is 6.34. The van der Waals surface area contributed by atoms with Gasteiger partial charge in [0.05, 0.1) is 12.1 Å². The number of hydrogen-bond donors (Lipinski definition) is 1. The second-order valence-corrected chi connectivity index (χ2v) is 4.35. The van der Waals surface area contributed by atoms with Gasteiger partial charge < -0.3 is 5.73 Å². The standard InChI is InChI=1S/C10H11N5S/c11-7-8(12)4-6-16-10-14-13-9-3-1-2-5-15(9)10/h1-3,5,8H,4,6,12H2. The molecule has 5 nitrogen and oxygen atoms in total. The zero-order valence-electron chi connectivity index (χ0n) is 8.58. The van der Waals surface area contributed by atoms with Crippen LogP contribution in [0.5, 0.6) is 0 Å². The zero-order valence-corrected chi connectivity index (χ0v) is 9.39. The van der Waals surface area contributed by atoms with Crippen molar-refractivity contribution in [2.24, 2.45) is 5.73 Å². The van der Waals surface area contributed by atoms with E-state index in [0.29, 0.717) is 6.42 Å². The Morgan fingerprint density at radius 3 is 3.19 bits per heavy atom. The van der Waals surface area contributed by atoms with E-state index in [2.05, 4.69) is 10.2 Å². The topological polar surface area (TPSA) is 80.0 Å². The molecular weight excluding hydrogens is 222 g/mol. The average Bonchev–Trinajstić information content (AvgIpc) is 2.73. The van der Waals surface area contributed by atoms with Gasteiger partial charge in [0.1, 0.15) is 0 Å². The van der Waals surface area contributed by atoms with Crippen molar-refractivity contribution >= 4 is 17.4 Å². The zero-order chi connectivity index (χ0) is 11.4. The van der Waals surface area contributed by atoms with Crippen molar-refractivity contribution in [2.75, 3.05) is 5.75 Å². The molecular formula is C10H11N5S. The van der Waals surface area contributed by atoms with Crippen LogP contribution in [0.3, 0.4) is 0 Å². The third-order valence-corrected chi connectivity index (χ3v) is 3.08. The first-order chi connectivity index (χ1) is 7.81. The highest BCUT2D eigenvalue weighted by Gasteiger charge is 2.06. The Hall–Kier alpha value is -1.58. The van der Waals surface area contributed by atoms with Crippen LogP contribution in [-0.4, -0.2) is 26.4 Å². The summed E-state index contributed by atoms with van der Waals surface area (Å²) in [5.74, 6) is 0.768. The number of aromatic nitrogens is 3. The van der Waals surface area contributed by atoms with Gasteiger partial charge in [-0.3, -0.25) is 4.40 Å². The minimum absolute atomic E-state index is 0.397. The summed E-state index contributed by atoms with van der Waals surface area (Å²) in [6.07, 6.45) is 2.57. The van der Waals surface area contributed by atoms with E-state index in [-0.39, 0.29) is 0 Å². The Kier molecular flexibility index (Phi) is 3.39. The van der Waals surface area contributed by atoms with Crippen LogP contribution >= 0.6 is 11.8 Å². The first-order valence-corrected chi connectivity index (χ1v) is 5.87. The maximum atomic E-state index is 8.55. The number of thioether (sulfide) groups is 1. The van der Waals surface area contributed by atoms with Crippen molar-refractivity contribution in [1.29, 1.82) is 5.26 Å². The summed E-state index contributed by atoms with van der Waals surface area (Å²) in [5, 5.41) is 17.5. The number of fused-ring (bicyclic) bond motifs is 1. The van der Waals surface area contributed by atoms with Crippen LogP contribution in [0.4, 0.5) is 0 Å². The fourth-order valence-electron chi connectivity index (χ4n) is 1.26. The SMILES string of the molecule is N#CC(N)CCSc1nnc2ccccn12. The molecule has 2 aromatic rings. The summed E-state index contributed by atoms with van der Waals surface area (Å²) in [6, 6.07) is 7.36. The lowest BCUT2D eigenvalue weighted by atomic mass is 10.3. The molecule has 1 atom stereocenters. The van der Waals surface area contributed by atoms with E-state index in [1.165, 1.54) is 0 Å². The third-order valence-electron chi connectivity index (χ3n) is 2.11. The summed E-state index contributed by atoms with van der Waals surface area (Å²) < 4.78 is 1.92. The lowest BCUT2D eigenvalue weighted by Crippen LogP contribution is -2.17. The van der Waals surface area contributed by atoms with Crippen molar-refractivity contribution in [1.82, 2.24) is 14.6 Å². The maximum absolute atomic E-state index is 8.55. The van der Waals surface area contributed by atoms with Crippen molar-refractivity contribution < 1.29 is 0 Å². The van der Waals surface area contributed by atoms with Gasteiger partial charge in [0.15, 0.2) is 10.8 Å². The molecule has 82 valence electrons. The largest absolute Gasteiger partial charge is 0.316 e. The highest BCUT2D eigenvalue weighted by atomic mass is 32.2. The fraction of sp³-hybridized carbons (Fsp3) is 0.300. The summed E-state index contributed by atoms with van der Waals surface area (Å²) in [7, 11) is 0. The number of rotatable bonds is 4. The maximum Gasteiger partial charge on any atom is 0.195 e. The Morgan fingerprint density at radius 2 is 2.38 bits per heavy atom. The monoisotopic (exact) mass is 233 g/mol. The number of nitriles is 1. The van der Waals surface area contributed by atoms with Crippen LogP contribution in [0, 0.1) is 11.3 Å². The molecule has 1 unspecified atom stereocenters. The van der Waals surface area contributed by atoms with Crippen LogP contribution in [0.15, 0.2) is 29.6 Å². The van der Waals surface area contributed by atoms with Crippen molar-refractivity contribution in [3.8, 4) is 6.07 Å². The van der Waals surface area contributed by atoms with E-state index >= 15 is 0 Å². The van der Waals surface area contributed by atoms with E-state index < -0.39 is 6.04 Å². The predicted octanol–water partition coefficient (Wildman–Crippen LogP) is 1.06. The van der Waals surface area contributed by atoms with E-state index in [1.807, 2.05) is 34.9 Å². The van der Waals surface area contributed by atoms with Gasteiger partial charge >= 0.3 is 0 Å². The molecule has 0 aliphatic heterocycles. The molecule has 6 heteroatoms.